The Hall–Kier alpha value is -2.28. The van der Waals surface area contributed by atoms with E-state index in [9.17, 15) is 4.79 Å². The third kappa shape index (κ3) is 4.76. The van der Waals surface area contributed by atoms with Crippen molar-refractivity contribution in [1.82, 2.24) is 10.6 Å². The van der Waals surface area contributed by atoms with Crippen LogP contribution in [0.5, 0.6) is 0 Å². The van der Waals surface area contributed by atoms with E-state index in [4.69, 9.17) is 9.47 Å². The third-order valence-electron chi connectivity index (χ3n) is 5.32. The van der Waals surface area contributed by atoms with Gasteiger partial charge >= 0.3 is 5.97 Å². The molecule has 1 saturated heterocycles. The van der Waals surface area contributed by atoms with E-state index >= 15 is 4.39 Å². The highest BCUT2D eigenvalue weighted by Crippen LogP contribution is 2.41. The predicted octanol–water partition coefficient (Wildman–Crippen LogP) is 2.88. The zero-order valence-corrected chi connectivity index (χ0v) is 15.6. The van der Waals surface area contributed by atoms with E-state index in [0.717, 1.165) is 12.0 Å². The molecule has 1 heterocycles. The van der Waals surface area contributed by atoms with Crippen molar-refractivity contribution in [2.45, 2.75) is 43.3 Å². The first-order chi connectivity index (χ1) is 13.6. The van der Waals surface area contributed by atoms with Gasteiger partial charge in [-0.3, -0.25) is 10.1 Å². The van der Waals surface area contributed by atoms with E-state index in [0.29, 0.717) is 5.92 Å². The summed E-state index contributed by atoms with van der Waals surface area (Å²) in [6, 6.07) is 19.2. The molecule has 0 spiro atoms. The summed E-state index contributed by atoms with van der Waals surface area (Å²) in [7, 11) is 0. The van der Waals surface area contributed by atoms with E-state index in [1.54, 1.807) is 0 Å². The van der Waals surface area contributed by atoms with Crippen molar-refractivity contribution < 1.29 is 18.7 Å². The van der Waals surface area contributed by atoms with Crippen molar-refractivity contribution in [3.8, 4) is 0 Å². The quantitative estimate of drug-likeness (QED) is 0.719. The Morgan fingerprint density at radius 3 is 2.64 bits per heavy atom. The lowest BCUT2D eigenvalue weighted by atomic mass is 10.1. The number of carbonyl (C=O) groups is 1. The van der Waals surface area contributed by atoms with Crippen molar-refractivity contribution in [2.24, 2.45) is 0 Å². The normalized spacial score (nSPS) is 29.2. The lowest BCUT2D eigenvalue weighted by molar-refractivity contribution is -0.192. The van der Waals surface area contributed by atoms with Crippen molar-refractivity contribution in [3.63, 3.8) is 0 Å². The van der Waals surface area contributed by atoms with Crippen LogP contribution in [0.4, 0.5) is 4.39 Å². The molecule has 0 amide bonds. The summed E-state index contributed by atoms with van der Waals surface area (Å²) in [4.78, 5) is 12.3. The second kappa shape index (κ2) is 8.39. The molecule has 0 aromatic heterocycles. The zero-order chi connectivity index (χ0) is 19.4. The van der Waals surface area contributed by atoms with Gasteiger partial charge in [-0.15, -0.1) is 0 Å². The molecule has 2 aromatic rings. The van der Waals surface area contributed by atoms with Crippen LogP contribution in [-0.2, 0) is 20.9 Å². The van der Waals surface area contributed by atoms with Crippen molar-refractivity contribution in [1.29, 1.82) is 0 Å². The third-order valence-corrected chi connectivity index (χ3v) is 5.32. The molecule has 4 atom stereocenters. The Morgan fingerprint density at radius 2 is 1.89 bits per heavy atom. The first-order valence-electron chi connectivity index (χ1n) is 9.68. The number of carbonyl (C=O) groups excluding carboxylic acids is 1. The van der Waals surface area contributed by atoms with E-state index < -0.39 is 17.9 Å². The van der Waals surface area contributed by atoms with Crippen molar-refractivity contribution >= 4 is 5.97 Å². The SMILES string of the molecule is O=C(OCc1ccccc1)C1CC(F)(CNC2CC2c2ccccc2)OCN1. The van der Waals surface area contributed by atoms with Crippen LogP contribution in [-0.4, -0.2) is 37.2 Å². The number of halogens is 1. The van der Waals surface area contributed by atoms with Gasteiger partial charge in [-0.05, 0) is 17.5 Å². The number of ether oxygens (including phenoxy) is 2. The molecule has 0 radical (unpaired) electrons. The minimum atomic E-state index is -1.88. The van der Waals surface area contributed by atoms with Crippen LogP contribution in [0, 0.1) is 0 Å². The van der Waals surface area contributed by atoms with Gasteiger partial charge in [-0.1, -0.05) is 60.7 Å². The first kappa shape index (κ1) is 19.1. The molecule has 5 nitrogen and oxygen atoms in total. The molecule has 148 valence electrons. The van der Waals surface area contributed by atoms with Gasteiger partial charge in [-0.2, -0.15) is 0 Å². The van der Waals surface area contributed by atoms with Gasteiger partial charge in [0.05, 0.1) is 6.54 Å². The molecular formula is C22H25FN2O3. The Morgan fingerprint density at radius 1 is 1.18 bits per heavy atom. The Kier molecular flexibility index (Phi) is 5.71. The summed E-state index contributed by atoms with van der Waals surface area (Å²) in [6.07, 6.45) is 0.914. The molecule has 0 bridgehead atoms. The fraction of sp³-hybridized carbons (Fsp3) is 0.409. The molecule has 28 heavy (non-hydrogen) atoms. The molecule has 2 aliphatic rings. The fourth-order valence-electron chi connectivity index (χ4n) is 3.60. The molecular weight excluding hydrogens is 359 g/mol. The molecule has 2 aromatic carbocycles. The molecule has 1 aliphatic carbocycles. The number of rotatable bonds is 7. The number of benzene rings is 2. The minimum Gasteiger partial charge on any atom is -0.460 e. The topological polar surface area (TPSA) is 59.6 Å². The molecule has 6 heteroatoms. The summed E-state index contributed by atoms with van der Waals surface area (Å²) in [5.41, 5.74) is 2.17. The summed E-state index contributed by atoms with van der Waals surface area (Å²) in [6.45, 7) is 0.221. The number of esters is 1. The Balaban J connectivity index is 1.25. The Labute approximate surface area is 164 Å². The van der Waals surface area contributed by atoms with Crippen LogP contribution < -0.4 is 10.6 Å². The minimum absolute atomic E-state index is 0.0178. The van der Waals surface area contributed by atoms with Crippen molar-refractivity contribution in [2.75, 3.05) is 13.3 Å². The smallest absolute Gasteiger partial charge is 0.323 e. The van der Waals surface area contributed by atoms with Crippen LogP contribution in [0.15, 0.2) is 60.7 Å². The molecule has 4 unspecified atom stereocenters. The average molecular weight is 384 g/mol. The van der Waals surface area contributed by atoms with Crippen LogP contribution in [0.25, 0.3) is 0 Å². The summed E-state index contributed by atoms with van der Waals surface area (Å²) < 4.78 is 25.7. The summed E-state index contributed by atoms with van der Waals surface area (Å²) >= 11 is 0. The van der Waals surface area contributed by atoms with Crippen LogP contribution in [0.2, 0.25) is 0 Å². The lowest BCUT2D eigenvalue weighted by Crippen LogP contribution is -2.55. The maximum Gasteiger partial charge on any atom is 0.323 e. The molecule has 1 saturated carbocycles. The zero-order valence-electron chi connectivity index (χ0n) is 15.6. The van der Waals surface area contributed by atoms with E-state index in [-0.39, 0.29) is 32.3 Å². The van der Waals surface area contributed by atoms with Crippen LogP contribution in [0.1, 0.15) is 29.9 Å². The van der Waals surface area contributed by atoms with Gasteiger partial charge in [-0.25, -0.2) is 4.39 Å². The predicted molar refractivity (Wildman–Crippen MR) is 103 cm³/mol. The van der Waals surface area contributed by atoms with Gasteiger partial charge < -0.3 is 14.8 Å². The monoisotopic (exact) mass is 384 g/mol. The van der Waals surface area contributed by atoms with Crippen molar-refractivity contribution in [3.05, 3.63) is 71.8 Å². The Bertz CT molecular complexity index is 789. The molecule has 4 rings (SSSR count). The highest BCUT2D eigenvalue weighted by atomic mass is 19.2. The van der Waals surface area contributed by atoms with Gasteiger partial charge in [0, 0.05) is 18.4 Å². The summed E-state index contributed by atoms with van der Waals surface area (Å²) in [5.74, 6) is -1.92. The lowest BCUT2D eigenvalue weighted by Gasteiger charge is -2.34. The van der Waals surface area contributed by atoms with E-state index in [1.807, 2.05) is 48.5 Å². The first-order valence-corrected chi connectivity index (χ1v) is 9.68. The standard InChI is InChI=1S/C22H25FN2O3/c23-22(14-24-19-11-18(19)17-9-5-2-6-10-17)12-20(25-15-28-22)21(26)27-13-16-7-3-1-4-8-16/h1-10,18-20,24-25H,11-15H2. The van der Waals surface area contributed by atoms with Gasteiger partial charge in [0.2, 0.25) is 5.85 Å². The maximum absolute atomic E-state index is 15.1. The number of nitrogens with one attached hydrogen (secondary N) is 2. The second-order valence-corrected chi connectivity index (χ2v) is 7.47. The number of alkyl halides is 1. The highest BCUT2D eigenvalue weighted by Gasteiger charge is 2.44. The average Bonchev–Trinajstić information content (AvgIpc) is 3.52. The molecule has 2 fully saturated rings. The maximum atomic E-state index is 15.1. The number of hydrogen-bond acceptors (Lipinski definition) is 5. The van der Waals surface area contributed by atoms with Crippen LogP contribution >= 0.6 is 0 Å². The summed E-state index contributed by atoms with van der Waals surface area (Å²) in [5, 5.41) is 6.14. The highest BCUT2D eigenvalue weighted by molar-refractivity contribution is 5.76. The van der Waals surface area contributed by atoms with Crippen LogP contribution in [0.3, 0.4) is 0 Å². The van der Waals surface area contributed by atoms with Gasteiger partial charge in [0.25, 0.3) is 0 Å². The fourth-order valence-corrected chi connectivity index (χ4v) is 3.60. The largest absolute Gasteiger partial charge is 0.460 e. The molecule has 2 N–H and O–H groups in total. The van der Waals surface area contributed by atoms with E-state index in [1.165, 1.54) is 5.56 Å². The van der Waals surface area contributed by atoms with E-state index in [2.05, 4.69) is 22.8 Å². The second-order valence-electron chi connectivity index (χ2n) is 7.47. The molecule has 1 aliphatic heterocycles. The number of hydrogen-bond donors (Lipinski definition) is 2. The van der Waals surface area contributed by atoms with Gasteiger partial charge in [0.1, 0.15) is 19.4 Å². The van der Waals surface area contributed by atoms with Gasteiger partial charge in [0.15, 0.2) is 0 Å².